The minimum Gasteiger partial charge on any atom is -0.488 e. The molecule has 1 heterocycles. The van der Waals surface area contributed by atoms with Crippen molar-refractivity contribution in [3.63, 3.8) is 0 Å². The summed E-state index contributed by atoms with van der Waals surface area (Å²) in [5, 5.41) is 1.99. The Kier molecular flexibility index (Phi) is 5.94. The lowest BCUT2D eigenvalue weighted by molar-refractivity contribution is -0.113. The Hall–Kier alpha value is -3.48. The van der Waals surface area contributed by atoms with Crippen LogP contribution in [0.1, 0.15) is 11.1 Å². The van der Waals surface area contributed by atoms with Crippen LogP contribution in [0, 0.1) is 5.82 Å². The molecule has 0 aromatic heterocycles. The highest BCUT2D eigenvalue weighted by Gasteiger charge is 2.35. The van der Waals surface area contributed by atoms with E-state index in [9.17, 15) is 9.18 Å². The van der Waals surface area contributed by atoms with Gasteiger partial charge in [-0.25, -0.2) is 4.39 Å². The number of halogens is 1. The van der Waals surface area contributed by atoms with E-state index in [0.717, 1.165) is 33.7 Å². The van der Waals surface area contributed by atoms with Gasteiger partial charge in [-0.05, 0) is 40.6 Å². The van der Waals surface area contributed by atoms with E-state index in [1.807, 2.05) is 66.7 Å². The van der Waals surface area contributed by atoms with Crippen LogP contribution in [0.15, 0.2) is 95.9 Å². The number of benzene rings is 4. The lowest BCUT2D eigenvalue weighted by Crippen LogP contribution is -2.28. The maximum absolute atomic E-state index is 14.4. The molecule has 4 aromatic rings. The summed E-state index contributed by atoms with van der Waals surface area (Å²) in [6.45, 7) is 0.399. The maximum Gasteiger partial charge on any atom is 0.270 e. The Labute approximate surface area is 200 Å². The molecule has 3 nitrogen and oxygen atoms in total. The van der Waals surface area contributed by atoms with Crippen molar-refractivity contribution in [1.29, 1.82) is 0 Å². The van der Waals surface area contributed by atoms with Gasteiger partial charge in [-0.15, -0.1) is 0 Å². The highest BCUT2D eigenvalue weighted by Crippen LogP contribution is 2.39. The van der Waals surface area contributed by atoms with Crippen LogP contribution in [0.3, 0.4) is 0 Å². The molecule has 1 aliphatic rings. The van der Waals surface area contributed by atoms with Gasteiger partial charge in [0.1, 0.15) is 18.2 Å². The van der Waals surface area contributed by atoms with Crippen LogP contribution in [0.4, 0.5) is 10.1 Å². The number of para-hydroxylation sites is 1. The number of thiocarbonyl (C=S) groups is 1. The van der Waals surface area contributed by atoms with Gasteiger partial charge in [0.05, 0.1) is 10.6 Å². The van der Waals surface area contributed by atoms with Crippen LogP contribution in [0.25, 0.3) is 16.8 Å². The summed E-state index contributed by atoms with van der Waals surface area (Å²) < 4.78 is 20.8. The number of ether oxygens (including phenoxy) is 1. The smallest absolute Gasteiger partial charge is 0.270 e. The number of anilines is 1. The summed E-state index contributed by atoms with van der Waals surface area (Å²) in [6.07, 6.45) is 1.79. The second kappa shape index (κ2) is 9.17. The SMILES string of the molecule is O=C1/C(=C/c2c(OCc3ccccc3)ccc3ccccc23)SC(=S)N1c1ccccc1F. The van der Waals surface area contributed by atoms with Gasteiger partial charge >= 0.3 is 0 Å². The summed E-state index contributed by atoms with van der Waals surface area (Å²) >= 11 is 6.58. The molecule has 1 amide bonds. The van der Waals surface area contributed by atoms with Gasteiger partial charge in [-0.1, -0.05) is 96.8 Å². The van der Waals surface area contributed by atoms with Crippen molar-refractivity contribution in [3.8, 4) is 5.75 Å². The van der Waals surface area contributed by atoms with Crippen molar-refractivity contribution < 1.29 is 13.9 Å². The van der Waals surface area contributed by atoms with Gasteiger partial charge < -0.3 is 4.74 Å². The fourth-order valence-corrected chi connectivity index (χ4v) is 4.99. The molecule has 0 radical (unpaired) electrons. The second-order valence-electron chi connectivity index (χ2n) is 7.44. The van der Waals surface area contributed by atoms with Crippen molar-refractivity contribution in [3.05, 3.63) is 113 Å². The molecule has 33 heavy (non-hydrogen) atoms. The molecule has 4 aromatic carbocycles. The molecule has 5 rings (SSSR count). The number of thioether (sulfide) groups is 1. The van der Waals surface area contributed by atoms with Crippen molar-refractivity contribution in [1.82, 2.24) is 0 Å². The molecule has 6 heteroatoms. The summed E-state index contributed by atoms with van der Waals surface area (Å²) in [6, 6.07) is 27.9. The van der Waals surface area contributed by atoms with Gasteiger partial charge in [0, 0.05) is 5.56 Å². The number of carbonyl (C=O) groups excluding carboxylic acids is 1. The van der Waals surface area contributed by atoms with E-state index in [4.69, 9.17) is 17.0 Å². The van der Waals surface area contributed by atoms with E-state index in [-0.39, 0.29) is 11.6 Å². The molecule has 1 saturated heterocycles. The first kappa shape index (κ1) is 21.4. The summed E-state index contributed by atoms with van der Waals surface area (Å²) in [4.78, 5) is 14.9. The van der Waals surface area contributed by atoms with E-state index >= 15 is 0 Å². The molecule has 1 aliphatic heterocycles. The highest BCUT2D eigenvalue weighted by molar-refractivity contribution is 8.27. The van der Waals surface area contributed by atoms with Crippen LogP contribution in [0.2, 0.25) is 0 Å². The van der Waals surface area contributed by atoms with Gasteiger partial charge in [0.2, 0.25) is 0 Å². The number of amides is 1. The first-order valence-electron chi connectivity index (χ1n) is 10.3. The number of rotatable bonds is 5. The Morgan fingerprint density at radius 2 is 1.64 bits per heavy atom. The second-order valence-corrected chi connectivity index (χ2v) is 9.12. The fraction of sp³-hybridized carbons (Fsp3) is 0.0370. The normalized spacial score (nSPS) is 14.9. The molecular formula is C27H18FNO2S2. The van der Waals surface area contributed by atoms with E-state index in [1.54, 1.807) is 24.3 Å². The molecule has 0 aliphatic carbocycles. The van der Waals surface area contributed by atoms with Gasteiger partial charge in [-0.2, -0.15) is 0 Å². The Balaban J connectivity index is 1.55. The van der Waals surface area contributed by atoms with Crippen molar-refractivity contribution in [2.24, 2.45) is 0 Å². The Morgan fingerprint density at radius 3 is 2.45 bits per heavy atom. The molecule has 0 unspecified atom stereocenters. The average Bonchev–Trinajstić information content (AvgIpc) is 3.12. The van der Waals surface area contributed by atoms with E-state index in [1.165, 1.54) is 11.0 Å². The minimum atomic E-state index is -0.493. The molecule has 162 valence electrons. The van der Waals surface area contributed by atoms with Crippen molar-refractivity contribution >= 4 is 56.7 Å². The first-order chi connectivity index (χ1) is 16.1. The van der Waals surface area contributed by atoms with Crippen LogP contribution in [-0.4, -0.2) is 10.2 Å². The zero-order valence-electron chi connectivity index (χ0n) is 17.4. The molecule has 0 atom stereocenters. The highest BCUT2D eigenvalue weighted by atomic mass is 32.2. The summed E-state index contributed by atoms with van der Waals surface area (Å²) in [7, 11) is 0. The molecule has 0 N–H and O–H groups in total. The monoisotopic (exact) mass is 471 g/mol. The number of fused-ring (bicyclic) bond motifs is 1. The number of hydrogen-bond donors (Lipinski definition) is 0. The molecule has 0 spiro atoms. The average molecular weight is 472 g/mol. The predicted molar refractivity (Wildman–Crippen MR) is 137 cm³/mol. The summed E-state index contributed by atoms with van der Waals surface area (Å²) in [5.41, 5.74) is 1.99. The quantitative estimate of drug-likeness (QED) is 0.232. The number of nitrogens with zero attached hydrogens (tertiary/aromatic N) is 1. The molecule has 0 saturated carbocycles. The van der Waals surface area contributed by atoms with Gasteiger partial charge in [-0.3, -0.25) is 9.69 Å². The van der Waals surface area contributed by atoms with E-state index in [0.29, 0.717) is 21.6 Å². The lowest BCUT2D eigenvalue weighted by Gasteiger charge is -2.15. The van der Waals surface area contributed by atoms with Crippen LogP contribution < -0.4 is 9.64 Å². The third kappa shape index (κ3) is 4.27. The zero-order chi connectivity index (χ0) is 22.8. The topological polar surface area (TPSA) is 29.5 Å². The Morgan fingerprint density at radius 1 is 0.909 bits per heavy atom. The standard InChI is InChI=1S/C27H18FNO2S2/c28-22-12-6-7-13-23(22)29-26(30)25(33-27(29)32)16-21-20-11-5-4-10-19(20)14-15-24(21)31-17-18-8-2-1-3-9-18/h1-16H,17H2/b25-16-. The van der Waals surface area contributed by atoms with Gasteiger partial charge in [0.25, 0.3) is 5.91 Å². The molecule has 1 fully saturated rings. The van der Waals surface area contributed by atoms with Crippen LogP contribution in [-0.2, 0) is 11.4 Å². The Bertz CT molecular complexity index is 1400. The van der Waals surface area contributed by atoms with Crippen LogP contribution >= 0.6 is 24.0 Å². The maximum atomic E-state index is 14.4. The zero-order valence-corrected chi connectivity index (χ0v) is 19.0. The van der Waals surface area contributed by atoms with E-state index in [2.05, 4.69) is 0 Å². The fourth-order valence-electron chi connectivity index (χ4n) is 3.73. The third-order valence-corrected chi connectivity index (χ3v) is 6.63. The summed E-state index contributed by atoms with van der Waals surface area (Å²) in [5.74, 6) is -0.183. The lowest BCUT2D eigenvalue weighted by atomic mass is 10.0. The van der Waals surface area contributed by atoms with E-state index < -0.39 is 5.82 Å². The van der Waals surface area contributed by atoms with Crippen LogP contribution in [0.5, 0.6) is 5.75 Å². The number of carbonyl (C=O) groups is 1. The third-order valence-electron chi connectivity index (χ3n) is 5.33. The first-order valence-corrected chi connectivity index (χ1v) is 11.6. The minimum absolute atomic E-state index is 0.155. The largest absolute Gasteiger partial charge is 0.488 e. The predicted octanol–water partition coefficient (Wildman–Crippen LogP) is 6.96. The van der Waals surface area contributed by atoms with Crippen molar-refractivity contribution in [2.75, 3.05) is 4.90 Å². The molecular weight excluding hydrogens is 453 g/mol. The van der Waals surface area contributed by atoms with Gasteiger partial charge in [0.15, 0.2) is 4.32 Å². The van der Waals surface area contributed by atoms with Crippen molar-refractivity contribution in [2.45, 2.75) is 6.61 Å². The number of hydrogen-bond acceptors (Lipinski definition) is 4. The molecule has 0 bridgehead atoms.